The summed E-state index contributed by atoms with van der Waals surface area (Å²) in [6, 6.07) is 0. The number of carbonyl (C=O) groups is 1. The van der Waals surface area contributed by atoms with E-state index in [2.05, 4.69) is 6.08 Å². The Kier molecular flexibility index (Phi) is 8.78. The molecule has 21 heavy (non-hydrogen) atoms. The first-order valence-electron chi connectivity index (χ1n) is 7.56. The van der Waals surface area contributed by atoms with Gasteiger partial charge in [0.15, 0.2) is 0 Å². The van der Waals surface area contributed by atoms with Gasteiger partial charge in [-0.3, -0.25) is 4.79 Å². The van der Waals surface area contributed by atoms with Crippen molar-refractivity contribution in [1.29, 1.82) is 0 Å². The Morgan fingerprint density at radius 1 is 1.38 bits per heavy atom. The third kappa shape index (κ3) is 7.29. The van der Waals surface area contributed by atoms with Gasteiger partial charge in [0.2, 0.25) is 0 Å². The van der Waals surface area contributed by atoms with E-state index in [0.717, 1.165) is 12.8 Å². The third-order valence-corrected chi connectivity index (χ3v) is 3.50. The first-order chi connectivity index (χ1) is 10.2. The molecule has 1 heterocycles. The van der Waals surface area contributed by atoms with Gasteiger partial charge in [-0.05, 0) is 38.2 Å². The third-order valence-electron chi connectivity index (χ3n) is 3.50. The van der Waals surface area contributed by atoms with E-state index in [9.17, 15) is 9.90 Å². The molecule has 0 bridgehead atoms. The molecule has 1 fully saturated rings. The topological polar surface area (TPSA) is 76.0 Å². The fraction of sp³-hybridized carbons (Fsp3) is 0.688. The Morgan fingerprint density at radius 2 is 2.19 bits per heavy atom. The molecule has 5 heteroatoms. The molecule has 2 atom stereocenters. The largest absolute Gasteiger partial charge is 0.496 e. The lowest BCUT2D eigenvalue weighted by Gasteiger charge is -2.14. The number of aliphatic hydroxyl groups is 1. The van der Waals surface area contributed by atoms with Gasteiger partial charge in [0, 0.05) is 12.3 Å². The van der Waals surface area contributed by atoms with Crippen molar-refractivity contribution < 1.29 is 24.5 Å². The van der Waals surface area contributed by atoms with E-state index in [-0.39, 0.29) is 18.9 Å². The highest BCUT2D eigenvalue weighted by molar-refractivity contribution is 5.66. The van der Waals surface area contributed by atoms with Crippen molar-refractivity contribution in [3.8, 4) is 0 Å². The predicted octanol–water partition coefficient (Wildman–Crippen LogP) is 2.36. The average Bonchev–Trinajstić information content (AvgIpc) is 2.89. The number of carboxylic acids is 1. The standard InChI is InChI=1S/C16H26O5/c1-2-21-15(10-17)9-14-12-20-11-13(14)7-5-3-4-6-8-16(18)19/h3,5,9,13-14,17H,2,4,6-8,10-12H2,1H3,(H,18,19)/b5-3-,15-9+/t13-,14+/m0/s1. The quantitative estimate of drug-likeness (QED) is 0.368. The number of allylic oxidation sites excluding steroid dienone is 2. The summed E-state index contributed by atoms with van der Waals surface area (Å²) in [7, 11) is 0. The number of aliphatic carboxylic acids is 1. The van der Waals surface area contributed by atoms with Crippen LogP contribution >= 0.6 is 0 Å². The van der Waals surface area contributed by atoms with Crippen molar-refractivity contribution in [3.63, 3.8) is 0 Å². The van der Waals surface area contributed by atoms with Gasteiger partial charge in [-0.2, -0.15) is 0 Å². The van der Waals surface area contributed by atoms with Gasteiger partial charge in [0.05, 0.1) is 19.8 Å². The maximum Gasteiger partial charge on any atom is 0.303 e. The molecule has 1 rings (SSSR count). The normalized spacial score (nSPS) is 22.9. The van der Waals surface area contributed by atoms with E-state index in [1.165, 1.54) is 0 Å². The molecule has 1 aliphatic rings. The highest BCUT2D eigenvalue weighted by Crippen LogP contribution is 2.26. The van der Waals surface area contributed by atoms with Crippen LogP contribution in [-0.2, 0) is 14.3 Å². The highest BCUT2D eigenvalue weighted by Gasteiger charge is 2.26. The van der Waals surface area contributed by atoms with E-state index < -0.39 is 5.97 Å². The fourth-order valence-electron chi connectivity index (χ4n) is 2.37. The molecule has 1 aliphatic heterocycles. The number of carboxylic acid groups (broad SMARTS) is 1. The summed E-state index contributed by atoms with van der Waals surface area (Å²) < 4.78 is 10.9. The Morgan fingerprint density at radius 3 is 2.86 bits per heavy atom. The molecule has 120 valence electrons. The SMILES string of the molecule is CCO/C(=C/[C@@H]1COC[C@@H]1C/C=C\CCCC(=O)O)CO. The zero-order chi connectivity index (χ0) is 15.5. The van der Waals surface area contributed by atoms with Gasteiger partial charge >= 0.3 is 5.97 Å². The van der Waals surface area contributed by atoms with E-state index >= 15 is 0 Å². The molecule has 0 saturated carbocycles. The zero-order valence-corrected chi connectivity index (χ0v) is 12.7. The molecule has 0 aromatic carbocycles. The minimum Gasteiger partial charge on any atom is -0.496 e. The summed E-state index contributed by atoms with van der Waals surface area (Å²) in [5.41, 5.74) is 0. The van der Waals surface area contributed by atoms with Crippen LogP contribution in [0.2, 0.25) is 0 Å². The van der Waals surface area contributed by atoms with Crippen molar-refractivity contribution in [3.05, 3.63) is 24.0 Å². The molecule has 2 N–H and O–H groups in total. The van der Waals surface area contributed by atoms with E-state index in [1.54, 1.807) is 0 Å². The molecular formula is C16H26O5. The minimum atomic E-state index is -0.745. The Balaban J connectivity index is 2.36. The molecule has 0 unspecified atom stereocenters. The van der Waals surface area contributed by atoms with Gasteiger partial charge in [0.1, 0.15) is 12.4 Å². The summed E-state index contributed by atoms with van der Waals surface area (Å²) >= 11 is 0. The monoisotopic (exact) mass is 298 g/mol. The van der Waals surface area contributed by atoms with Gasteiger partial charge in [-0.15, -0.1) is 0 Å². The highest BCUT2D eigenvalue weighted by atomic mass is 16.5. The lowest BCUT2D eigenvalue weighted by Crippen LogP contribution is -2.11. The summed E-state index contributed by atoms with van der Waals surface area (Å²) in [4.78, 5) is 10.4. The average molecular weight is 298 g/mol. The number of hydrogen-bond donors (Lipinski definition) is 2. The lowest BCUT2D eigenvalue weighted by atomic mass is 9.92. The Hall–Kier alpha value is -1.33. The van der Waals surface area contributed by atoms with Crippen LogP contribution in [0.1, 0.15) is 32.6 Å². The van der Waals surface area contributed by atoms with Crippen LogP contribution in [0.15, 0.2) is 24.0 Å². The lowest BCUT2D eigenvalue weighted by molar-refractivity contribution is -0.137. The molecule has 0 amide bonds. The van der Waals surface area contributed by atoms with Crippen LogP contribution in [0.25, 0.3) is 0 Å². The predicted molar refractivity (Wildman–Crippen MR) is 79.8 cm³/mol. The van der Waals surface area contributed by atoms with Gasteiger partial charge in [-0.25, -0.2) is 0 Å². The molecule has 0 aromatic rings. The van der Waals surface area contributed by atoms with Crippen molar-refractivity contribution in [2.45, 2.75) is 32.6 Å². The second-order valence-electron chi connectivity index (χ2n) is 5.18. The van der Waals surface area contributed by atoms with Crippen LogP contribution < -0.4 is 0 Å². The Labute approximate surface area is 126 Å². The summed E-state index contributed by atoms with van der Waals surface area (Å²) in [6.45, 7) is 3.74. The van der Waals surface area contributed by atoms with Crippen molar-refractivity contribution in [1.82, 2.24) is 0 Å². The molecule has 5 nitrogen and oxygen atoms in total. The summed E-state index contributed by atoms with van der Waals surface area (Å²) in [5.74, 6) is 0.527. The molecular weight excluding hydrogens is 272 g/mol. The summed E-state index contributed by atoms with van der Waals surface area (Å²) in [6.07, 6.45) is 8.70. The van der Waals surface area contributed by atoms with Crippen molar-refractivity contribution in [2.75, 3.05) is 26.4 Å². The van der Waals surface area contributed by atoms with Crippen LogP contribution in [0.3, 0.4) is 0 Å². The minimum absolute atomic E-state index is 0.0813. The van der Waals surface area contributed by atoms with E-state index in [4.69, 9.17) is 14.6 Å². The van der Waals surface area contributed by atoms with Crippen LogP contribution in [0, 0.1) is 11.8 Å². The fourth-order valence-corrected chi connectivity index (χ4v) is 2.37. The van der Waals surface area contributed by atoms with Crippen LogP contribution in [0.5, 0.6) is 0 Å². The molecule has 0 aliphatic carbocycles. The Bertz CT molecular complexity index is 362. The maximum absolute atomic E-state index is 10.4. The van der Waals surface area contributed by atoms with Crippen molar-refractivity contribution >= 4 is 5.97 Å². The first-order valence-corrected chi connectivity index (χ1v) is 7.56. The maximum atomic E-state index is 10.4. The molecule has 0 radical (unpaired) electrons. The van der Waals surface area contributed by atoms with Gasteiger partial charge in [-0.1, -0.05) is 12.2 Å². The van der Waals surface area contributed by atoms with E-state index in [1.807, 2.05) is 19.1 Å². The molecule has 0 spiro atoms. The van der Waals surface area contributed by atoms with Crippen LogP contribution in [0.4, 0.5) is 0 Å². The number of ether oxygens (including phenoxy) is 2. The number of rotatable bonds is 10. The zero-order valence-electron chi connectivity index (χ0n) is 12.7. The smallest absolute Gasteiger partial charge is 0.303 e. The second-order valence-corrected chi connectivity index (χ2v) is 5.18. The molecule has 0 aromatic heterocycles. The van der Waals surface area contributed by atoms with Crippen molar-refractivity contribution in [2.24, 2.45) is 11.8 Å². The van der Waals surface area contributed by atoms with Gasteiger partial charge < -0.3 is 19.7 Å². The van der Waals surface area contributed by atoms with Gasteiger partial charge in [0.25, 0.3) is 0 Å². The van der Waals surface area contributed by atoms with E-state index in [0.29, 0.717) is 37.9 Å². The number of hydrogen-bond acceptors (Lipinski definition) is 4. The van der Waals surface area contributed by atoms with Crippen LogP contribution in [-0.4, -0.2) is 42.6 Å². The molecule has 1 saturated heterocycles. The summed E-state index contributed by atoms with van der Waals surface area (Å²) in [5, 5.41) is 17.8. The first kappa shape index (κ1) is 17.7. The number of aliphatic hydroxyl groups excluding tert-OH is 1. The number of unbranched alkanes of at least 4 members (excludes halogenated alkanes) is 1. The second kappa shape index (κ2) is 10.4.